The van der Waals surface area contributed by atoms with Crippen molar-refractivity contribution < 1.29 is 32.1 Å². The first kappa shape index (κ1) is 28.1. The Kier molecular flexibility index (Phi) is 8.17. The topological polar surface area (TPSA) is 149 Å². The van der Waals surface area contributed by atoms with Crippen LogP contribution in [0.2, 0.25) is 0 Å². The highest BCUT2D eigenvalue weighted by molar-refractivity contribution is 7.92. The minimum atomic E-state index is -4.22. The molecular weight excluding hydrogens is 550 g/mol. The fraction of sp³-hybridized carbons (Fsp3) is 0.286. The number of benzene rings is 1. The zero-order chi connectivity index (χ0) is 29.0. The van der Waals surface area contributed by atoms with Gasteiger partial charge in [0.05, 0.1) is 13.2 Å². The smallest absolute Gasteiger partial charge is 0.280 e. The number of methoxy groups -OCH3 is 1. The molecule has 0 amide bonds. The lowest BCUT2D eigenvalue weighted by Crippen LogP contribution is -2.28. The molecule has 3 aromatic heterocycles. The normalized spacial score (nSPS) is 15.0. The summed E-state index contributed by atoms with van der Waals surface area (Å²) in [5, 5.41) is 11.8. The van der Waals surface area contributed by atoms with Crippen molar-refractivity contribution in [2.75, 3.05) is 25.0 Å². The number of pyridine rings is 2. The minimum absolute atomic E-state index is 0.0255. The third-order valence-electron chi connectivity index (χ3n) is 6.30. The van der Waals surface area contributed by atoms with Gasteiger partial charge >= 0.3 is 0 Å². The van der Waals surface area contributed by atoms with Crippen LogP contribution in [0.4, 0.5) is 5.82 Å². The molecule has 41 heavy (non-hydrogen) atoms. The summed E-state index contributed by atoms with van der Waals surface area (Å²) in [6.45, 7) is 4.22. The first-order chi connectivity index (χ1) is 19.7. The second-order valence-electron chi connectivity index (χ2n) is 9.39. The number of para-hydroxylation sites is 2. The van der Waals surface area contributed by atoms with E-state index in [1.54, 1.807) is 50.2 Å². The highest BCUT2D eigenvalue weighted by Gasteiger charge is 2.27. The number of sulfonamides is 1. The SMILES string of the molecule is COc1ccccc1Oc1c(NS(=O)(=O)c2ccc(C)cn2)nc(-c2cc[n+]([O-])c(C)c2)nc1OCC1CCCO1. The van der Waals surface area contributed by atoms with E-state index in [9.17, 15) is 13.6 Å². The van der Waals surface area contributed by atoms with Crippen molar-refractivity contribution in [2.24, 2.45) is 0 Å². The van der Waals surface area contributed by atoms with Gasteiger partial charge in [0, 0.05) is 37.4 Å². The summed E-state index contributed by atoms with van der Waals surface area (Å²) in [6, 6.07) is 13.0. The third-order valence-corrected chi connectivity index (χ3v) is 7.55. The Bertz CT molecular complexity index is 1640. The largest absolute Gasteiger partial charge is 0.619 e. The Morgan fingerprint density at radius 1 is 1.12 bits per heavy atom. The molecule has 4 heterocycles. The molecule has 0 radical (unpaired) electrons. The highest BCUT2D eigenvalue weighted by atomic mass is 32.2. The fourth-order valence-corrected chi connectivity index (χ4v) is 5.05. The minimum Gasteiger partial charge on any atom is -0.619 e. The Morgan fingerprint density at radius 3 is 2.61 bits per heavy atom. The lowest BCUT2D eigenvalue weighted by molar-refractivity contribution is -0.612. The summed E-state index contributed by atoms with van der Waals surface area (Å²) in [6.07, 6.45) is 4.32. The monoisotopic (exact) mass is 579 g/mol. The van der Waals surface area contributed by atoms with Crippen LogP contribution in [0.1, 0.15) is 24.1 Å². The van der Waals surface area contributed by atoms with Gasteiger partial charge in [0.25, 0.3) is 15.9 Å². The Hall–Kier alpha value is -4.49. The molecule has 1 aliphatic rings. The maximum absolute atomic E-state index is 13.4. The molecule has 0 saturated carbocycles. The van der Waals surface area contributed by atoms with Gasteiger partial charge in [-0.1, -0.05) is 18.2 Å². The van der Waals surface area contributed by atoms with Crippen LogP contribution in [0.15, 0.2) is 66.0 Å². The van der Waals surface area contributed by atoms with Gasteiger partial charge in [0.2, 0.25) is 5.75 Å². The molecule has 0 spiro atoms. The predicted octanol–water partition coefficient (Wildman–Crippen LogP) is 3.95. The maximum Gasteiger partial charge on any atom is 0.280 e. The van der Waals surface area contributed by atoms with Crippen molar-refractivity contribution in [3.05, 3.63) is 77.4 Å². The van der Waals surface area contributed by atoms with Gasteiger partial charge < -0.3 is 24.2 Å². The van der Waals surface area contributed by atoms with Crippen LogP contribution >= 0.6 is 0 Å². The quantitative estimate of drug-likeness (QED) is 0.216. The van der Waals surface area contributed by atoms with Crippen molar-refractivity contribution in [3.8, 4) is 34.5 Å². The number of aromatic nitrogens is 4. The van der Waals surface area contributed by atoms with Crippen molar-refractivity contribution >= 4 is 15.8 Å². The molecule has 13 heteroatoms. The van der Waals surface area contributed by atoms with E-state index in [2.05, 4.69) is 19.7 Å². The number of ether oxygens (including phenoxy) is 4. The molecule has 0 aliphatic carbocycles. The average Bonchev–Trinajstić information content (AvgIpc) is 3.48. The second kappa shape index (κ2) is 11.9. The molecule has 1 unspecified atom stereocenters. The molecule has 12 nitrogen and oxygen atoms in total. The third kappa shape index (κ3) is 6.47. The van der Waals surface area contributed by atoms with E-state index in [0.29, 0.717) is 28.3 Å². The zero-order valence-electron chi connectivity index (χ0n) is 22.7. The summed E-state index contributed by atoms with van der Waals surface area (Å²) < 4.78 is 53.5. The highest BCUT2D eigenvalue weighted by Crippen LogP contribution is 2.41. The van der Waals surface area contributed by atoms with Gasteiger partial charge in [0.1, 0.15) is 6.61 Å². The van der Waals surface area contributed by atoms with Crippen molar-refractivity contribution in [3.63, 3.8) is 0 Å². The van der Waals surface area contributed by atoms with Crippen LogP contribution in [0.25, 0.3) is 11.4 Å². The first-order valence-corrected chi connectivity index (χ1v) is 14.3. The number of nitrogens with one attached hydrogen (secondary N) is 1. The molecule has 214 valence electrons. The summed E-state index contributed by atoms with van der Waals surface area (Å²) in [7, 11) is -2.73. The summed E-state index contributed by atoms with van der Waals surface area (Å²) in [5.41, 5.74) is 1.66. The Balaban J connectivity index is 1.66. The molecule has 1 aliphatic heterocycles. The average molecular weight is 580 g/mol. The maximum atomic E-state index is 13.4. The first-order valence-electron chi connectivity index (χ1n) is 12.9. The van der Waals surface area contributed by atoms with E-state index in [0.717, 1.165) is 18.4 Å². The van der Waals surface area contributed by atoms with E-state index < -0.39 is 10.0 Å². The molecule has 1 N–H and O–H groups in total. The fourth-order valence-electron chi connectivity index (χ4n) is 4.11. The van der Waals surface area contributed by atoms with Gasteiger partial charge in [0.15, 0.2) is 40.1 Å². The van der Waals surface area contributed by atoms with E-state index in [1.165, 1.54) is 31.6 Å². The van der Waals surface area contributed by atoms with Crippen LogP contribution in [0, 0.1) is 19.1 Å². The number of hydrogen-bond acceptors (Lipinski definition) is 10. The molecule has 1 fully saturated rings. The van der Waals surface area contributed by atoms with E-state index in [4.69, 9.17) is 18.9 Å². The van der Waals surface area contributed by atoms with Crippen LogP contribution in [0.5, 0.6) is 23.1 Å². The number of nitrogens with zero attached hydrogens (tertiary/aromatic N) is 4. The van der Waals surface area contributed by atoms with Crippen LogP contribution < -0.4 is 23.7 Å². The number of aryl methyl sites for hydroxylation is 2. The zero-order valence-corrected chi connectivity index (χ0v) is 23.6. The molecule has 1 atom stereocenters. The van der Waals surface area contributed by atoms with Crippen LogP contribution in [-0.4, -0.2) is 49.8 Å². The summed E-state index contributed by atoms with van der Waals surface area (Å²) in [5.74, 6) is 0.487. The second-order valence-corrected chi connectivity index (χ2v) is 11.0. The Labute approximate surface area is 237 Å². The number of anilines is 1. The lowest BCUT2D eigenvalue weighted by Gasteiger charge is -2.19. The molecular formula is C28H29N5O7S. The van der Waals surface area contributed by atoms with Gasteiger partial charge in [-0.3, -0.25) is 4.72 Å². The molecule has 4 aromatic rings. The molecule has 1 saturated heterocycles. The van der Waals surface area contributed by atoms with Crippen LogP contribution in [0.3, 0.4) is 0 Å². The molecule has 1 aromatic carbocycles. The van der Waals surface area contributed by atoms with Gasteiger partial charge in [-0.15, -0.1) is 0 Å². The predicted molar refractivity (Wildman–Crippen MR) is 148 cm³/mol. The summed E-state index contributed by atoms with van der Waals surface area (Å²) in [4.78, 5) is 13.2. The van der Waals surface area contributed by atoms with Crippen LogP contribution in [-0.2, 0) is 14.8 Å². The van der Waals surface area contributed by atoms with Crippen molar-refractivity contribution in [1.29, 1.82) is 0 Å². The van der Waals surface area contributed by atoms with Gasteiger partial charge in [-0.05, 0) is 43.5 Å². The molecule has 0 bridgehead atoms. The van der Waals surface area contributed by atoms with Gasteiger partial charge in [-0.25, -0.2) is 9.97 Å². The van der Waals surface area contributed by atoms with Crippen molar-refractivity contribution in [2.45, 2.75) is 37.8 Å². The standard InChI is InChI=1S/C28H29N5O7S/c1-18-10-11-24(29-16-18)41(35,36)32-27-25(40-23-9-5-4-8-22(23)37-3)28(39-17-21-7-6-14-38-21)31-26(30-27)20-12-13-33(34)19(2)15-20/h4-5,8-13,15-16,21H,6-7,14,17H2,1-3H3,(H,30,31,32). The Morgan fingerprint density at radius 2 is 1.93 bits per heavy atom. The molecule has 5 rings (SSSR count). The van der Waals surface area contributed by atoms with Crippen molar-refractivity contribution in [1.82, 2.24) is 15.0 Å². The van der Waals surface area contributed by atoms with E-state index >= 15 is 0 Å². The lowest BCUT2D eigenvalue weighted by atomic mass is 10.2. The van der Waals surface area contributed by atoms with Gasteiger partial charge in [-0.2, -0.15) is 18.1 Å². The van der Waals surface area contributed by atoms with E-state index in [-0.39, 0.29) is 46.8 Å². The van der Waals surface area contributed by atoms with E-state index in [1.807, 2.05) is 0 Å². The number of hydrogen-bond donors (Lipinski definition) is 1. The summed E-state index contributed by atoms with van der Waals surface area (Å²) >= 11 is 0. The number of rotatable bonds is 10.